The highest BCUT2D eigenvalue weighted by Gasteiger charge is 2.20. The number of piperidine rings is 1. The van der Waals surface area contributed by atoms with E-state index in [4.69, 9.17) is 0 Å². The number of nitrogens with zero attached hydrogens (tertiary/aromatic N) is 1. The molecule has 0 aromatic rings. The summed E-state index contributed by atoms with van der Waals surface area (Å²) in [7, 11) is 0. The lowest BCUT2D eigenvalue weighted by molar-refractivity contribution is 0.161. The first-order valence-corrected chi connectivity index (χ1v) is 7.30. The van der Waals surface area contributed by atoms with Crippen molar-refractivity contribution in [3.63, 3.8) is 0 Å². The lowest BCUT2D eigenvalue weighted by atomic mass is 10.0. The summed E-state index contributed by atoms with van der Waals surface area (Å²) in [5.74, 6) is 0. The van der Waals surface area contributed by atoms with Crippen LogP contribution in [0.5, 0.6) is 0 Å². The summed E-state index contributed by atoms with van der Waals surface area (Å²) in [4.78, 5) is 2.69. The predicted molar refractivity (Wildman–Crippen MR) is 67.1 cm³/mol. The van der Waals surface area contributed by atoms with Crippen LogP contribution in [0, 0.1) is 0 Å². The molecule has 1 aliphatic heterocycles. The summed E-state index contributed by atoms with van der Waals surface area (Å²) in [6.45, 7) is 4.95. The number of likely N-dealkylation sites (tertiary alicyclic amines) is 1. The average Bonchev–Trinajstić information content (AvgIpc) is 2.25. The van der Waals surface area contributed by atoms with Crippen LogP contribution < -0.4 is 0 Å². The Balaban J connectivity index is 2.13. The SMILES string of the molecule is CCCCCCN1CCCCC1CBr. The van der Waals surface area contributed by atoms with Crippen LogP contribution in [0.4, 0.5) is 0 Å². The van der Waals surface area contributed by atoms with Crippen LogP contribution in [0.3, 0.4) is 0 Å². The number of hydrogen-bond acceptors (Lipinski definition) is 1. The number of halogens is 1. The highest BCUT2D eigenvalue weighted by molar-refractivity contribution is 9.09. The first kappa shape index (κ1) is 12.5. The standard InChI is InChI=1S/C12H24BrN/c1-2-3-4-6-9-14-10-7-5-8-12(14)11-13/h12H,2-11H2,1H3. The van der Waals surface area contributed by atoms with Crippen molar-refractivity contribution in [3.8, 4) is 0 Å². The molecule has 0 spiro atoms. The second-order valence-corrected chi connectivity index (χ2v) is 5.05. The molecule has 0 saturated carbocycles. The highest BCUT2D eigenvalue weighted by Crippen LogP contribution is 2.19. The molecule has 0 amide bonds. The number of unbranched alkanes of at least 4 members (excludes halogenated alkanes) is 3. The van der Waals surface area contributed by atoms with E-state index in [1.807, 2.05) is 0 Å². The fourth-order valence-corrected chi connectivity index (χ4v) is 3.00. The molecule has 0 aromatic carbocycles. The number of hydrogen-bond donors (Lipinski definition) is 0. The van der Waals surface area contributed by atoms with E-state index >= 15 is 0 Å². The third kappa shape index (κ3) is 4.31. The molecule has 0 radical (unpaired) electrons. The molecule has 0 aliphatic carbocycles. The topological polar surface area (TPSA) is 3.24 Å². The molecule has 84 valence electrons. The highest BCUT2D eigenvalue weighted by atomic mass is 79.9. The van der Waals surface area contributed by atoms with Crippen molar-refractivity contribution in [1.82, 2.24) is 4.90 Å². The fraction of sp³-hybridized carbons (Fsp3) is 1.00. The summed E-state index contributed by atoms with van der Waals surface area (Å²) in [6, 6.07) is 0.824. The monoisotopic (exact) mass is 261 g/mol. The van der Waals surface area contributed by atoms with Crippen molar-refractivity contribution < 1.29 is 0 Å². The molecule has 1 heterocycles. The molecule has 0 N–H and O–H groups in total. The van der Waals surface area contributed by atoms with Crippen LogP contribution in [0.25, 0.3) is 0 Å². The maximum absolute atomic E-state index is 3.63. The third-order valence-corrected chi connectivity index (χ3v) is 3.97. The molecular weight excluding hydrogens is 238 g/mol. The Morgan fingerprint density at radius 1 is 1.21 bits per heavy atom. The Kier molecular flexibility index (Phi) is 6.88. The minimum Gasteiger partial charge on any atom is -0.300 e. The largest absolute Gasteiger partial charge is 0.300 e. The van der Waals surface area contributed by atoms with Gasteiger partial charge in [-0.15, -0.1) is 0 Å². The van der Waals surface area contributed by atoms with Crippen molar-refractivity contribution in [3.05, 3.63) is 0 Å². The number of alkyl halides is 1. The van der Waals surface area contributed by atoms with Crippen LogP contribution in [0.15, 0.2) is 0 Å². The van der Waals surface area contributed by atoms with Gasteiger partial charge < -0.3 is 0 Å². The van der Waals surface area contributed by atoms with Gasteiger partial charge in [0.25, 0.3) is 0 Å². The Morgan fingerprint density at radius 3 is 2.79 bits per heavy atom. The van der Waals surface area contributed by atoms with E-state index in [-0.39, 0.29) is 0 Å². The second kappa shape index (κ2) is 7.70. The zero-order valence-corrected chi connectivity index (χ0v) is 11.1. The van der Waals surface area contributed by atoms with Crippen LogP contribution in [-0.2, 0) is 0 Å². The zero-order chi connectivity index (χ0) is 10.2. The van der Waals surface area contributed by atoms with Gasteiger partial charge >= 0.3 is 0 Å². The number of rotatable bonds is 6. The van der Waals surface area contributed by atoms with E-state index in [2.05, 4.69) is 27.8 Å². The molecule has 2 heteroatoms. The van der Waals surface area contributed by atoms with Gasteiger partial charge in [-0.05, 0) is 32.4 Å². The van der Waals surface area contributed by atoms with Crippen molar-refractivity contribution in [2.45, 2.75) is 57.9 Å². The molecule has 1 fully saturated rings. The van der Waals surface area contributed by atoms with Crippen LogP contribution >= 0.6 is 15.9 Å². The first-order valence-electron chi connectivity index (χ1n) is 6.18. The predicted octanol–water partition coefficient (Wildman–Crippen LogP) is 3.82. The maximum Gasteiger partial charge on any atom is 0.0192 e. The lowest BCUT2D eigenvalue weighted by Gasteiger charge is -2.34. The van der Waals surface area contributed by atoms with E-state index in [0.29, 0.717) is 0 Å². The first-order chi connectivity index (χ1) is 6.88. The third-order valence-electron chi connectivity index (χ3n) is 3.23. The molecule has 0 aromatic heterocycles. The summed E-state index contributed by atoms with van der Waals surface area (Å²) < 4.78 is 0. The van der Waals surface area contributed by atoms with Gasteiger partial charge in [0.05, 0.1) is 0 Å². The fourth-order valence-electron chi connectivity index (χ4n) is 2.27. The van der Waals surface area contributed by atoms with Gasteiger partial charge in [0.2, 0.25) is 0 Å². The molecule has 1 aliphatic rings. The van der Waals surface area contributed by atoms with Crippen molar-refractivity contribution in [1.29, 1.82) is 0 Å². The van der Waals surface area contributed by atoms with E-state index in [1.54, 1.807) is 0 Å². The van der Waals surface area contributed by atoms with E-state index in [0.717, 1.165) is 6.04 Å². The molecule has 1 unspecified atom stereocenters. The summed E-state index contributed by atoms with van der Waals surface area (Å²) >= 11 is 3.63. The molecule has 1 atom stereocenters. The van der Waals surface area contributed by atoms with Gasteiger partial charge in [-0.25, -0.2) is 0 Å². The van der Waals surface area contributed by atoms with Gasteiger partial charge in [0.15, 0.2) is 0 Å². The zero-order valence-electron chi connectivity index (χ0n) is 9.47. The Labute approximate surface area is 97.4 Å². The van der Waals surface area contributed by atoms with Crippen LogP contribution in [0.1, 0.15) is 51.9 Å². The van der Waals surface area contributed by atoms with Gasteiger partial charge in [-0.1, -0.05) is 48.5 Å². The summed E-state index contributed by atoms with van der Waals surface area (Å²) in [6.07, 6.45) is 9.83. The summed E-state index contributed by atoms with van der Waals surface area (Å²) in [5, 5.41) is 1.17. The van der Waals surface area contributed by atoms with Crippen LogP contribution in [0.2, 0.25) is 0 Å². The van der Waals surface area contributed by atoms with E-state index in [9.17, 15) is 0 Å². The van der Waals surface area contributed by atoms with E-state index < -0.39 is 0 Å². The Bertz CT molecular complexity index is 138. The van der Waals surface area contributed by atoms with Gasteiger partial charge in [-0.3, -0.25) is 4.90 Å². The van der Waals surface area contributed by atoms with Gasteiger partial charge in [0.1, 0.15) is 0 Å². The van der Waals surface area contributed by atoms with Gasteiger partial charge in [0, 0.05) is 11.4 Å². The van der Waals surface area contributed by atoms with Gasteiger partial charge in [-0.2, -0.15) is 0 Å². The maximum atomic E-state index is 3.63. The molecule has 1 nitrogen and oxygen atoms in total. The molecule has 1 rings (SSSR count). The summed E-state index contributed by atoms with van der Waals surface area (Å²) in [5.41, 5.74) is 0. The molecule has 0 bridgehead atoms. The van der Waals surface area contributed by atoms with Crippen LogP contribution in [-0.4, -0.2) is 29.4 Å². The van der Waals surface area contributed by atoms with Crippen molar-refractivity contribution in [2.24, 2.45) is 0 Å². The van der Waals surface area contributed by atoms with Crippen molar-refractivity contribution >= 4 is 15.9 Å². The quantitative estimate of drug-likeness (QED) is 0.519. The Morgan fingerprint density at radius 2 is 2.07 bits per heavy atom. The Hall–Kier alpha value is 0.440. The molecular formula is C12H24BrN. The molecule has 14 heavy (non-hydrogen) atoms. The lowest BCUT2D eigenvalue weighted by Crippen LogP contribution is -2.41. The average molecular weight is 262 g/mol. The second-order valence-electron chi connectivity index (χ2n) is 4.40. The molecule has 1 saturated heterocycles. The normalized spacial score (nSPS) is 24.0. The van der Waals surface area contributed by atoms with Crippen molar-refractivity contribution in [2.75, 3.05) is 18.4 Å². The minimum atomic E-state index is 0.824. The minimum absolute atomic E-state index is 0.824. The smallest absolute Gasteiger partial charge is 0.0192 e. The van der Waals surface area contributed by atoms with E-state index in [1.165, 1.54) is 63.4 Å².